The Labute approximate surface area is 133 Å². The number of aryl methyl sites for hydroxylation is 1. The van der Waals surface area contributed by atoms with E-state index in [1.807, 2.05) is 31.2 Å². The molecule has 122 valence electrons. The Balaban J connectivity index is 1.92. The molecule has 0 aliphatic heterocycles. The van der Waals surface area contributed by atoms with Gasteiger partial charge in [-0.3, -0.25) is 9.59 Å². The molecule has 1 amide bonds. The Hall–Kier alpha value is -2.77. The highest BCUT2D eigenvalue weighted by atomic mass is 16.4. The van der Waals surface area contributed by atoms with Gasteiger partial charge in [-0.05, 0) is 18.6 Å². The van der Waals surface area contributed by atoms with Crippen molar-refractivity contribution in [2.24, 2.45) is 0 Å². The molecule has 1 heterocycles. The zero-order chi connectivity index (χ0) is 16.8. The van der Waals surface area contributed by atoms with Crippen molar-refractivity contribution in [2.75, 3.05) is 13.6 Å². The fraction of sp³-hybridized carbons (Fsp3) is 0.400. The van der Waals surface area contributed by atoms with Crippen LogP contribution in [-0.2, 0) is 16.1 Å². The molecule has 2 aromatic rings. The molecule has 0 unspecified atom stereocenters. The van der Waals surface area contributed by atoms with Crippen LogP contribution in [0.2, 0.25) is 0 Å². The van der Waals surface area contributed by atoms with Crippen LogP contribution >= 0.6 is 0 Å². The van der Waals surface area contributed by atoms with E-state index in [1.165, 1.54) is 9.70 Å². The third-order valence-electron chi connectivity index (χ3n) is 3.35. The largest absolute Gasteiger partial charge is 0.481 e. The molecule has 0 fully saturated rings. The van der Waals surface area contributed by atoms with Gasteiger partial charge in [0.05, 0.1) is 0 Å². The van der Waals surface area contributed by atoms with Crippen molar-refractivity contribution in [1.29, 1.82) is 0 Å². The first-order valence-corrected chi connectivity index (χ1v) is 7.26. The molecule has 0 bridgehead atoms. The van der Waals surface area contributed by atoms with Crippen LogP contribution in [0.1, 0.15) is 18.4 Å². The summed E-state index contributed by atoms with van der Waals surface area (Å²) in [5.74, 6) is -0.596. The number of likely N-dealkylation sites (N-methyl/N-ethyl adjacent to an activating group) is 1. The number of tetrazole rings is 1. The zero-order valence-corrected chi connectivity index (χ0v) is 13.1. The standard InChI is InChI=1S/C15H19N5O3/c1-11-5-7-12(8-6-11)15-16-18-20(17-15)10-13(21)19(2)9-3-4-14(22)23/h5-8H,3-4,9-10H2,1-2H3,(H,22,23). The van der Waals surface area contributed by atoms with E-state index in [0.29, 0.717) is 18.8 Å². The average molecular weight is 317 g/mol. The summed E-state index contributed by atoms with van der Waals surface area (Å²) in [4.78, 5) is 25.2. The summed E-state index contributed by atoms with van der Waals surface area (Å²) in [6.07, 6.45) is 0.452. The summed E-state index contributed by atoms with van der Waals surface area (Å²) in [6.45, 7) is 2.35. The lowest BCUT2D eigenvalue weighted by molar-refractivity contribution is -0.138. The summed E-state index contributed by atoms with van der Waals surface area (Å²) >= 11 is 0. The molecule has 2 rings (SSSR count). The van der Waals surface area contributed by atoms with Crippen LogP contribution in [0.15, 0.2) is 24.3 Å². The van der Waals surface area contributed by atoms with Gasteiger partial charge in [-0.25, -0.2) is 0 Å². The quantitative estimate of drug-likeness (QED) is 0.816. The number of carboxylic acid groups (broad SMARTS) is 1. The molecule has 23 heavy (non-hydrogen) atoms. The Bertz CT molecular complexity index is 681. The van der Waals surface area contributed by atoms with Crippen molar-refractivity contribution in [3.05, 3.63) is 29.8 Å². The van der Waals surface area contributed by atoms with Gasteiger partial charge in [-0.2, -0.15) is 4.80 Å². The SMILES string of the molecule is Cc1ccc(-c2nnn(CC(=O)N(C)CCCC(=O)O)n2)cc1. The zero-order valence-electron chi connectivity index (χ0n) is 13.1. The van der Waals surface area contributed by atoms with Gasteiger partial charge >= 0.3 is 5.97 Å². The minimum Gasteiger partial charge on any atom is -0.481 e. The highest BCUT2D eigenvalue weighted by Gasteiger charge is 2.13. The number of rotatable bonds is 7. The van der Waals surface area contributed by atoms with E-state index in [2.05, 4.69) is 15.4 Å². The van der Waals surface area contributed by atoms with Gasteiger partial charge in [-0.15, -0.1) is 10.2 Å². The van der Waals surface area contributed by atoms with E-state index in [4.69, 9.17) is 5.11 Å². The van der Waals surface area contributed by atoms with Crippen LogP contribution in [0.25, 0.3) is 11.4 Å². The molecule has 0 saturated carbocycles. The van der Waals surface area contributed by atoms with E-state index in [-0.39, 0.29) is 18.9 Å². The number of hydrogen-bond acceptors (Lipinski definition) is 5. The lowest BCUT2D eigenvalue weighted by atomic mass is 10.1. The fourth-order valence-electron chi connectivity index (χ4n) is 1.96. The van der Waals surface area contributed by atoms with E-state index in [1.54, 1.807) is 7.05 Å². The number of hydrogen-bond donors (Lipinski definition) is 1. The molecule has 8 nitrogen and oxygen atoms in total. The third-order valence-corrected chi connectivity index (χ3v) is 3.35. The number of aromatic nitrogens is 4. The Morgan fingerprint density at radius 1 is 1.26 bits per heavy atom. The summed E-state index contributed by atoms with van der Waals surface area (Å²) in [5.41, 5.74) is 1.98. The normalized spacial score (nSPS) is 10.5. The lowest BCUT2D eigenvalue weighted by Crippen LogP contribution is -2.32. The predicted octanol–water partition coefficient (Wildman–Crippen LogP) is 0.972. The number of nitrogens with zero attached hydrogens (tertiary/aromatic N) is 5. The first kappa shape index (κ1) is 16.6. The lowest BCUT2D eigenvalue weighted by Gasteiger charge is -2.15. The first-order chi connectivity index (χ1) is 11.0. The van der Waals surface area contributed by atoms with Crippen LogP contribution in [0, 0.1) is 6.92 Å². The summed E-state index contributed by atoms with van der Waals surface area (Å²) in [7, 11) is 1.63. The molecule has 0 aliphatic rings. The van der Waals surface area contributed by atoms with Gasteiger partial charge in [0.15, 0.2) is 0 Å². The van der Waals surface area contributed by atoms with Crippen LogP contribution in [0.4, 0.5) is 0 Å². The van der Waals surface area contributed by atoms with Crippen molar-refractivity contribution < 1.29 is 14.7 Å². The Morgan fingerprint density at radius 3 is 2.61 bits per heavy atom. The highest BCUT2D eigenvalue weighted by Crippen LogP contribution is 2.13. The second-order valence-corrected chi connectivity index (χ2v) is 5.32. The Morgan fingerprint density at radius 2 is 1.96 bits per heavy atom. The van der Waals surface area contributed by atoms with Crippen molar-refractivity contribution in [1.82, 2.24) is 25.1 Å². The number of carbonyl (C=O) groups is 2. The third kappa shape index (κ3) is 4.87. The van der Waals surface area contributed by atoms with Gasteiger partial charge in [0.1, 0.15) is 6.54 Å². The molecule has 0 aliphatic carbocycles. The van der Waals surface area contributed by atoms with E-state index in [0.717, 1.165) is 11.1 Å². The van der Waals surface area contributed by atoms with Gasteiger partial charge in [-0.1, -0.05) is 29.8 Å². The molecule has 8 heteroatoms. The molecule has 0 saturated heterocycles. The smallest absolute Gasteiger partial charge is 0.303 e. The van der Waals surface area contributed by atoms with Crippen molar-refractivity contribution >= 4 is 11.9 Å². The van der Waals surface area contributed by atoms with Crippen LogP contribution in [0.3, 0.4) is 0 Å². The number of aliphatic carboxylic acids is 1. The van der Waals surface area contributed by atoms with Crippen LogP contribution in [0.5, 0.6) is 0 Å². The molecule has 1 aromatic carbocycles. The molecular formula is C15H19N5O3. The van der Waals surface area contributed by atoms with Gasteiger partial charge in [0.2, 0.25) is 11.7 Å². The molecule has 1 N–H and O–H groups in total. The second-order valence-electron chi connectivity index (χ2n) is 5.32. The first-order valence-electron chi connectivity index (χ1n) is 7.26. The maximum absolute atomic E-state index is 12.0. The molecule has 0 radical (unpaired) electrons. The number of amides is 1. The topological polar surface area (TPSA) is 101 Å². The summed E-state index contributed by atoms with van der Waals surface area (Å²) in [5, 5.41) is 20.6. The molecular weight excluding hydrogens is 298 g/mol. The average Bonchev–Trinajstić information content (AvgIpc) is 2.96. The molecule has 0 atom stereocenters. The van der Waals surface area contributed by atoms with Crippen molar-refractivity contribution in [2.45, 2.75) is 26.3 Å². The van der Waals surface area contributed by atoms with Crippen molar-refractivity contribution in [3.8, 4) is 11.4 Å². The number of carbonyl (C=O) groups excluding carboxylic acids is 1. The van der Waals surface area contributed by atoms with Crippen LogP contribution in [-0.4, -0.2) is 55.7 Å². The van der Waals surface area contributed by atoms with Crippen molar-refractivity contribution in [3.63, 3.8) is 0 Å². The summed E-state index contributed by atoms with van der Waals surface area (Å²) < 4.78 is 0. The molecule has 0 spiro atoms. The maximum atomic E-state index is 12.0. The summed E-state index contributed by atoms with van der Waals surface area (Å²) in [6, 6.07) is 7.71. The van der Waals surface area contributed by atoms with Gasteiger partial charge < -0.3 is 10.0 Å². The van der Waals surface area contributed by atoms with Gasteiger partial charge in [0.25, 0.3) is 0 Å². The second kappa shape index (κ2) is 7.48. The number of carboxylic acids is 1. The van der Waals surface area contributed by atoms with Gasteiger partial charge in [0, 0.05) is 25.6 Å². The minimum absolute atomic E-state index is 0.0254. The van der Waals surface area contributed by atoms with Crippen LogP contribution < -0.4 is 0 Å². The number of benzene rings is 1. The van der Waals surface area contributed by atoms with E-state index < -0.39 is 5.97 Å². The molecule has 1 aromatic heterocycles. The van der Waals surface area contributed by atoms with E-state index >= 15 is 0 Å². The minimum atomic E-state index is -0.869. The van der Waals surface area contributed by atoms with E-state index in [9.17, 15) is 9.59 Å². The monoisotopic (exact) mass is 317 g/mol. The predicted molar refractivity (Wildman–Crippen MR) is 82.5 cm³/mol. The fourth-order valence-corrected chi connectivity index (χ4v) is 1.96. The maximum Gasteiger partial charge on any atom is 0.303 e. The highest BCUT2D eigenvalue weighted by molar-refractivity contribution is 5.75. The Kier molecular flexibility index (Phi) is 5.40.